The molecule has 0 fully saturated rings. The molecule has 0 unspecified atom stereocenters. The van der Waals surface area contributed by atoms with Gasteiger partial charge in [0, 0.05) is 5.39 Å². The van der Waals surface area contributed by atoms with E-state index in [1.165, 1.54) is 0 Å². The summed E-state index contributed by atoms with van der Waals surface area (Å²) < 4.78 is 0. The average molecular weight is 313 g/mol. The molecule has 2 heterocycles. The maximum Gasteiger partial charge on any atom is 0.358 e. The number of carbonyl (C=O) groups excluding carboxylic acids is 1. The number of carbonyl (C=O) groups is 1. The lowest BCUT2D eigenvalue weighted by molar-refractivity contribution is 0.244. The third-order valence-corrected chi connectivity index (χ3v) is 2.44. The Morgan fingerprint density at radius 1 is 1.10 bits per heavy atom. The van der Waals surface area contributed by atoms with Crippen LogP contribution in [-0.2, 0) is 0 Å². The molecule has 9 heteroatoms. The maximum absolute atomic E-state index is 10.9. The summed E-state index contributed by atoms with van der Waals surface area (Å²) in [6.07, 6.45) is 0. The van der Waals surface area contributed by atoms with Gasteiger partial charge in [0.25, 0.3) is 0 Å². The largest absolute Gasteiger partial charge is 0.358 e. The Morgan fingerprint density at radius 3 is 2.55 bits per heavy atom. The molecule has 0 atom stereocenters. The second-order valence-corrected chi connectivity index (χ2v) is 3.63. The SMILES string of the molecule is Cl.Cl.NC(=O)n1nnc(-c2ccc3ccccc3n2)n1. The topological polar surface area (TPSA) is 99.6 Å². The van der Waals surface area contributed by atoms with E-state index < -0.39 is 6.03 Å². The van der Waals surface area contributed by atoms with Gasteiger partial charge in [0.2, 0.25) is 5.82 Å². The van der Waals surface area contributed by atoms with E-state index in [0.717, 1.165) is 15.7 Å². The second kappa shape index (κ2) is 6.27. The van der Waals surface area contributed by atoms with Crippen molar-refractivity contribution in [3.63, 3.8) is 0 Å². The monoisotopic (exact) mass is 312 g/mol. The van der Waals surface area contributed by atoms with Gasteiger partial charge in [-0.15, -0.1) is 35.0 Å². The molecule has 1 aromatic carbocycles. The van der Waals surface area contributed by atoms with Crippen LogP contribution in [0.15, 0.2) is 36.4 Å². The van der Waals surface area contributed by atoms with Gasteiger partial charge in [-0.25, -0.2) is 9.78 Å². The van der Waals surface area contributed by atoms with Crippen LogP contribution < -0.4 is 5.73 Å². The second-order valence-electron chi connectivity index (χ2n) is 3.63. The van der Waals surface area contributed by atoms with Crippen LogP contribution in [0.2, 0.25) is 0 Å². The highest BCUT2D eigenvalue weighted by molar-refractivity contribution is 5.85. The number of para-hydroxylation sites is 1. The fourth-order valence-corrected chi connectivity index (χ4v) is 1.60. The van der Waals surface area contributed by atoms with E-state index in [2.05, 4.69) is 20.4 Å². The van der Waals surface area contributed by atoms with Gasteiger partial charge in [0.05, 0.1) is 5.52 Å². The lowest BCUT2D eigenvalue weighted by atomic mass is 10.2. The molecule has 0 aliphatic heterocycles. The fourth-order valence-electron chi connectivity index (χ4n) is 1.60. The van der Waals surface area contributed by atoms with Crippen LogP contribution in [0, 0.1) is 0 Å². The summed E-state index contributed by atoms with van der Waals surface area (Å²) in [5.74, 6) is 0.263. The van der Waals surface area contributed by atoms with Crippen molar-refractivity contribution in [3.8, 4) is 11.5 Å². The third kappa shape index (κ3) is 2.84. The van der Waals surface area contributed by atoms with Crippen LogP contribution in [0.3, 0.4) is 0 Å². The normalized spacial score (nSPS) is 9.60. The molecule has 3 aromatic rings. The minimum atomic E-state index is -0.783. The number of fused-ring (bicyclic) bond motifs is 1. The Hall–Kier alpha value is -2.25. The van der Waals surface area contributed by atoms with Crippen LogP contribution in [0.25, 0.3) is 22.4 Å². The summed E-state index contributed by atoms with van der Waals surface area (Å²) >= 11 is 0. The zero-order chi connectivity index (χ0) is 12.5. The maximum atomic E-state index is 10.9. The van der Waals surface area contributed by atoms with Crippen LogP contribution in [-0.4, -0.2) is 31.2 Å². The first-order valence-electron chi connectivity index (χ1n) is 5.20. The number of aromatic nitrogens is 5. The zero-order valence-electron chi connectivity index (χ0n) is 10.0. The number of hydrogen-bond donors (Lipinski definition) is 1. The molecular formula is C11H10Cl2N6O. The highest BCUT2D eigenvalue weighted by atomic mass is 35.5. The van der Waals surface area contributed by atoms with Gasteiger partial charge in [-0.2, -0.15) is 0 Å². The highest BCUT2D eigenvalue weighted by Gasteiger charge is 2.10. The Morgan fingerprint density at radius 2 is 1.85 bits per heavy atom. The Kier molecular flexibility index (Phi) is 4.95. The summed E-state index contributed by atoms with van der Waals surface area (Å²) in [6.45, 7) is 0. The quantitative estimate of drug-likeness (QED) is 0.736. The first-order chi connectivity index (χ1) is 8.74. The van der Waals surface area contributed by atoms with Crippen molar-refractivity contribution < 1.29 is 4.79 Å². The zero-order valence-corrected chi connectivity index (χ0v) is 11.6. The smallest absolute Gasteiger partial charge is 0.348 e. The van der Waals surface area contributed by atoms with E-state index in [9.17, 15) is 4.79 Å². The van der Waals surface area contributed by atoms with Crippen molar-refractivity contribution in [2.45, 2.75) is 0 Å². The number of rotatable bonds is 1. The van der Waals surface area contributed by atoms with E-state index in [1.54, 1.807) is 6.07 Å². The van der Waals surface area contributed by atoms with E-state index >= 15 is 0 Å². The van der Waals surface area contributed by atoms with Crippen molar-refractivity contribution in [2.24, 2.45) is 5.73 Å². The first kappa shape index (κ1) is 15.8. The molecule has 104 valence electrons. The predicted octanol–water partition coefficient (Wildman–Crippen LogP) is 1.66. The van der Waals surface area contributed by atoms with Crippen molar-refractivity contribution in [1.29, 1.82) is 0 Å². The summed E-state index contributed by atoms with van der Waals surface area (Å²) in [6, 6.07) is 10.6. The average Bonchev–Trinajstić information content (AvgIpc) is 2.88. The minimum Gasteiger partial charge on any atom is -0.348 e. The van der Waals surface area contributed by atoms with Gasteiger partial charge in [-0.1, -0.05) is 29.1 Å². The van der Waals surface area contributed by atoms with E-state index in [4.69, 9.17) is 5.73 Å². The molecule has 0 spiro atoms. The third-order valence-electron chi connectivity index (χ3n) is 2.44. The van der Waals surface area contributed by atoms with Crippen molar-refractivity contribution in [2.75, 3.05) is 0 Å². The van der Waals surface area contributed by atoms with Gasteiger partial charge in [-0.3, -0.25) is 0 Å². The van der Waals surface area contributed by atoms with Crippen LogP contribution in [0.4, 0.5) is 4.79 Å². The number of amides is 1. The van der Waals surface area contributed by atoms with Crippen molar-refractivity contribution in [1.82, 2.24) is 25.2 Å². The minimum absolute atomic E-state index is 0. The number of halogens is 2. The van der Waals surface area contributed by atoms with E-state index in [-0.39, 0.29) is 30.6 Å². The lowest BCUT2D eigenvalue weighted by Crippen LogP contribution is -2.22. The molecule has 2 N–H and O–H groups in total. The molecule has 0 aliphatic rings. The van der Waals surface area contributed by atoms with E-state index in [1.807, 2.05) is 30.3 Å². The van der Waals surface area contributed by atoms with E-state index in [0.29, 0.717) is 5.69 Å². The molecule has 0 radical (unpaired) electrons. The molecule has 0 aliphatic carbocycles. The lowest BCUT2D eigenvalue weighted by Gasteiger charge is -1.98. The molecule has 0 bridgehead atoms. The number of nitrogens with two attached hydrogens (primary N) is 1. The number of tetrazole rings is 1. The number of benzene rings is 1. The summed E-state index contributed by atoms with van der Waals surface area (Å²) in [4.78, 5) is 16.0. The predicted molar refractivity (Wildman–Crippen MR) is 78.0 cm³/mol. The Labute approximate surface area is 126 Å². The molecule has 1 amide bonds. The molecule has 3 rings (SSSR count). The molecule has 20 heavy (non-hydrogen) atoms. The molecule has 2 aromatic heterocycles. The number of nitrogens with zero attached hydrogens (tertiary/aromatic N) is 5. The fraction of sp³-hybridized carbons (Fsp3) is 0. The molecule has 7 nitrogen and oxygen atoms in total. The number of hydrogen-bond acceptors (Lipinski definition) is 5. The van der Waals surface area contributed by atoms with Crippen molar-refractivity contribution >= 4 is 41.7 Å². The highest BCUT2D eigenvalue weighted by Crippen LogP contribution is 2.16. The van der Waals surface area contributed by atoms with Crippen LogP contribution >= 0.6 is 24.8 Å². The summed E-state index contributed by atoms with van der Waals surface area (Å²) in [5.41, 5.74) is 6.40. The van der Waals surface area contributed by atoms with Gasteiger partial charge >= 0.3 is 6.03 Å². The first-order valence-corrected chi connectivity index (χ1v) is 5.20. The Balaban J connectivity index is 0.000001000. The van der Waals surface area contributed by atoms with Gasteiger partial charge in [0.1, 0.15) is 5.69 Å². The van der Waals surface area contributed by atoms with Gasteiger partial charge in [0.15, 0.2) is 0 Å². The van der Waals surface area contributed by atoms with Crippen molar-refractivity contribution in [3.05, 3.63) is 36.4 Å². The summed E-state index contributed by atoms with van der Waals surface area (Å²) in [5, 5.41) is 12.1. The standard InChI is InChI=1S/C11H8N6O.2ClH/c12-11(18)17-15-10(14-16-17)9-6-5-7-3-1-2-4-8(7)13-9;;/h1-6H,(H2,12,18);2*1H. The summed E-state index contributed by atoms with van der Waals surface area (Å²) in [7, 11) is 0. The van der Waals surface area contributed by atoms with Crippen LogP contribution in [0.1, 0.15) is 0 Å². The number of pyridine rings is 1. The molecule has 0 saturated carbocycles. The molecule has 0 saturated heterocycles. The Bertz CT molecular complexity index is 744. The van der Waals surface area contributed by atoms with Gasteiger partial charge < -0.3 is 5.73 Å². The number of primary amides is 1. The van der Waals surface area contributed by atoms with Crippen LogP contribution in [0.5, 0.6) is 0 Å². The molecular weight excluding hydrogens is 303 g/mol. The van der Waals surface area contributed by atoms with Gasteiger partial charge in [-0.05, 0) is 17.3 Å².